The number of hydrogen-bond acceptors (Lipinski definition) is 3. The summed E-state index contributed by atoms with van der Waals surface area (Å²) in [5, 5.41) is 0. The lowest BCUT2D eigenvalue weighted by Crippen LogP contribution is -2.55. The minimum absolute atomic E-state index is 0.189. The molecule has 98 valence electrons. The smallest absolute Gasteiger partial charge is 0.191 e. The zero-order valence-electron chi connectivity index (χ0n) is 11.6. The lowest BCUT2D eigenvalue weighted by atomic mass is 9.75. The first-order valence-corrected chi connectivity index (χ1v) is 7.11. The number of aliphatic imine (C=N–C) groups is 1. The first-order chi connectivity index (χ1) is 8.04. The van der Waals surface area contributed by atoms with Gasteiger partial charge in [0.2, 0.25) is 0 Å². The Morgan fingerprint density at radius 3 is 2.59 bits per heavy atom. The highest BCUT2D eigenvalue weighted by Gasteiger charge is 2.44. The van der Waals surface area contributed by atoms with E-state index in [0.29, 0.717) is 5.92 Å². The summed E-state index contributed by atoms with van der Waals surface area (Å²) in [7, 11) is 0. The van der Waals surface area contributed by atoms with Crippen molar-refractivity contribution in [2.75, 3.05) is 13.1 Å². The predicted octanol–water partition coefficient (Wildman–Crippen LogP) is 2.61. The van der Waals surface area contributed by atoms with Gasteiger partial charge >= 0.3 is 0 Å². The average Bonchev–Trinajstić information content (AvgIpc) is 2.59. The Bertz CT molecular complexity index is 292. The van der Waals surface area contributed by atoms with Crippen molar-refractivity contribution in [1.82, 2.24) is 4.90 Å². The molecule has 0 radical (unpaired) electrons. The highest BCUT2D eigenvalue weighted by molar-refractivity contribution is 5.81. The third kappa shape index (κ3) is 2.43. The Hall–Kier alpha value is -0.730. The molecule has 0 amide bonds. The molecule has 1 unspecified atom stereocenters. The number of rotatable bonds is 3. The molecule has 0 aromatic heterocycles. The fourth-order valence-electron chi connectivity index (χ4n) is 3.41. The van der Waals surface area contributed by atoms with Crippen molar-refractivity contribution in [2.24, 2.45) is 22.6 Å². The van der Waals surface area contributed by atoms with Gasteiger partial charge in [-0.2, -0.15) is 0 Å². The second kappa shape index (κ2) is 4.87. The molecule has 0 aromatic rings. The topological polar surface area (TPSA) is 41.6 Å². The van der Waals surface area contributed by atoms with Gasteiger partial charge in [-0.05, 0) is 31.6 Å². The summed E-state index contributed by atoms with van der Waals surface area (Å²) in [6.07, 6.45) is 6.89. The molecule has 3 nitrogen and oxygen atoms in total. The average molecular weight is 237 g/mol. The molecular formula is C14H27N3. The molecule has 17 heavy (non-hydrogen) atoms. The molecule has 0 spiro atoms. The molecule has 1 aliphatic carbocycles. The molecular weight excluding hydrogens is 210 g/mol. The third-order valence-electron chi connectivity index (χ3n) is 4.49. The van der Waals surface area contributed by atoms with Crippen molar-refractivity contribution in [3.05, 3.63) is 0 Å². The fourth-order valence-corrected chi connectivity index (χ4v) is 3.41. The van der Waals surface area contributed by atoms with E-state index in [1.165, 1.54) is 32.1 Å². The maximum absolute atomic E-state index is 6.09. The van der Waals surface area contributed by atoms with Crippen LogP contribution in [-0.2, 0) is 0 Å². The fraction of sp³-hybridized carbons (Fsp3) is 0.929. The van der Waals surface area contributed by atoms with Crippen molar-refractivity contribution in [3.8, 4) is 0 Å². The van der Waals surface area contributed by atoms with E-state index in [-0.39, 0.29) is 5.54 Å². The molecule has 2 aliphatic rings. The SMILES string of the molecule is CC(C)CN1C(N)=NCC1(C)C1CCCCC1. The van der Waals surface area contributed by atoms with Gasteiger partial charge in [-0.3, -0.25) is 4.99 Å². The van der Waals surface area contributed by atoms with Gasteiger partial charge in [-0.1, -0.05) is 33.1 Å². The van der Waals surface area contributed by atoms with Crippen LogP contribution in [0.5, 0.6) is 0 Å². The standard InChI is InChI=1S/C14H27N3/c1-11(2)9-17-13(15)16-10-14(17,3)12-7-5-4-6-8-12/h11-12H,4-10H2,1-3H3,(H2,15,16). The normalized spacial score (nSPS) is 31.1. The van der Waals surface area contributed by atoms with Crippen LogP contribution in [0.25, 0.3) is 0 Å². The lowest BCUT2D eigenvalue weighted by Gasteiger charge is -2.44. The largest absolute Gasteiger partial charge is 0.370 e. The van der Waals surface area contributed by atoms with Crippen LogP contribution in [-0.4, -0.2) is 29.5 Å². The summed E-state index contributed by atoms with van der Waals surface area (Å²) < 4.78 is 0. The van der Waals surface area contributed by atoms with Crippen molar-refractivity contribution < 1.29 is 0 Å². The van der Waals surface area contributed by atoms with E-state index in [9.17, 15) is 0 Å². The van der Waals surface area contributed by atoms with Gasteiger partial charge in [0.1, 0.15) is 0 Å². The van der Waals surface area contributed by atoms with Crippen LogP contribution in [0, 0.1) is 11.8 Å². The van der Waals surface area contributed by atoms with E-state index >= 15 is 0 Å². The molecule has 1 saturated carbocycles. The van der Waals surface area contributed by atoms with Crippen LogP contribution in [0.4, 0.5) is 0 Å². The lowest BCUT2D eigenvalue weighted by molar-refractivity contribution is 0.0987. The molecule has 0 aromatic carbocycles. The minimum Gasteiger partial charge on any atom is -0.370 e. The second-order valence-corrected chi connectivity index (χ2v) is 6.37. The Morgan fingerprint density at radius 1 is 1.35 bits per heavy atom. The van der Waals surface area contributed by atoms with Crippen LogP contribution in [0.15, 0.2) is 4.99 Å². The van der Waals surface area contributed by atoms with Gasteiger partial charge in [0.05, 0.1) is 12.1 Å². The minimum atomic E-state index is 0.189. The summed E-state index contributed by atoms with van der Waals surface area (Å²) in [6, 6.07) is 0. The zero-order chi connectivity index (χ0) is 12.5. The van der Waals surface area contributed by atoms with Gasteiger partial charge in [-0.25, -0.2) is 0 Å². The highest BCUT2D eigenvalue weighted by atomic mass is 15.4. The van der Waals surface area contributed by atoms with Crippen LogP contribution in [0.2, 0.25) is 0 Å². The quantitative estimate of drug-likeness (QED) is 0.820. The Morgan fingerprint density at radius 2 is 2.00 bits per heavy atom. The van der Waals surface area contributed by atoms with E-state index in [0.717, 1.165) is 25.0 Å². The molecule has 2 N–H and O–H groups in total. The molecule has 1 fully saturated rings. The van der Waals surface area contributed by atoms with Crippen molar-refractivity contribution in [1.29, 1.82) is 0 Å². The van der Waals surface area contributed by atoms with Crippen LogP contribution >= 0.6 is 0 Å². The van der Waals surface area contributed by atoms with E-state index in [2.05, 4.69) is 30.7 Å². The van der Waals surface area contributed by atoms with E-state index in [4.69, 9.17) is 5.73 Å². The third-order valence-corrected chi connectivity index (χ3v) is 4.49. The first kappa shape index (κ1) is 12.7. The first-order valence-electron chi connectivity index (χ1n) is 7.11. The molecule has 3 heteroatoms. The molecule has 1 atom stereocenters. The van der Waals surface area contributed by atoms with Crippen molar-refractivity contribution in [2.45, 2.75) is 58.4 Å². The van der Waals surface area contributed by atoms with E-state index in [1.807, 2.05) is 0 Å². The van der Waals surface area contributed by atoms with Crippen LogP contribution < -0.4 is 5.73 Å². The second-order valence-electron chi connectivity index (χ2n) is 6.37. The summed E-state index contributed by atoms with van der Waals surface area (Å²) >= 11 is 0. The Balaban J connectivity index is 2.11. The number of nitrogens with two attached hydrogens (primary N) is 1. The Labute approximate surface area is 105 Å². The van der Waals surface area contributed by atoms with E-state index < -0.39 is 0 Å². The molecule has 2 rings (SSSR count). The number of hydrogen-bond donors (Lipinski definition) is 1. The van der Waals surface area contributed by atoms with Crippen LogP contribution in [0.3, 0.4) is 0 Å². The summed E-state index contributed by atoms with van der Waals surface area (Å²) in [6.45, 7) is 8.83. The van der Waals surface area contributed by atoms with Crippen molar-refractivity contribution >= 4 is 5.96 Å². The van der Waals surface area contributed by atoms with Crippen LogP contribution in [0.1, 0.15) is 52.9 Å². The number of nitrogens with zero attached hydrogens (tertiary/aromatic N) is 2. The summed E-state index contributed by atoms with van der Waals surface area (Å²) in [5.41, 5.74) is 6.27. The monoisotopic (exact) mass is 237 g/mol. The zero-order valence-corrected chi connectivity index (χ0v) is 11.6. The summed E-state index contributed by atoms with van der Waals surface area (Å²) in [4.78, 5) is 6.90. The van der Waals surface area contributed by atoms with Gasteiger partial charge in [0.15, 0.2) is 5.96 Å². The molecule has 1 aliphatic heterocycles. The maximum Gasteiger partial charge on any atom is 0.191 e. The molecule has 0 bridgehead atoms. The maximum atomic E-state index is 6.09. The molecule has 1 heterocycles. The van der Waals surface area contributed by atoms with Gasteiger partial charge in [-0.15, -0.1) is 0 Å². The number of guanidine groups is 1. The summed E-state index contributed by atoms with van der Waals surface area (Å²) in [5.74, 6) is 2.19. The van der Waals surface area contributed by atoms with Gasteiger partial charge in [0.25, 0.3) is 0 Å². The predicted molar refractivity (Wildman–Crippen MR) is 73.0 cm³/mol. The molecule has 0 saturated heterocycles. The Kier molecular flexibility index (Phi) is 3.64. The highest BCUT2D eigenvalue weighted by Crippen LogP contribution is 2.39. The van der Waals surface area contributed by atoms with Gasteiger partial charge < -0.3 is 10.6 Å². The van der Waals surface area contributed by atoms with Gasteiger partial charge in [0, 0.05) is 6.54 Å². The van der Waals surface area contributed by atoms with E-state index in [1.54, 1.807) is 0 Å². The van der Waals surface area contributed by atoms with Crippen molar-refractivity contribution in [3.63, 3.8) is 0 Å².